The molecule has 0 aliphatic carbocycles. The van der Waals surface area contributed by atoms with Crippen LogP contribution in [0.4, 0.5) is 21.6 Å². The molecule has 2 unspecified atom stereocenters. The lowest BCUT2D eigenvalue weighted by atomic mass is 10.1. The lowest BCUT2D eigenvalue weighted by Gasteiger charge is -2.35. The fourth-order valence-corrected chi connectivity index (χ4v) is 6.05. The summed E-state index contributed by atoms with van der Waals surface area (Å²) in [5.41, 5.74) is 0.682. The van der Waals surface area contributed by atoms with Gasteiger partial charge in [-0.05, 0) is 42.5 Å². The van der Waals surface area contributed by atoms with E-state index in [9.17, 15) is 33.2 Å². The Kier molecular flexibility index (Phi) is 8.55. The molecule has 2 saturated heterocycles. The Hall–Kier alpha value is -6.00. The van der Waals surface area contributed by atoms with E-state index in [1.807, 2.05) is 0 Å². The predicted molar refractivity (Wildman–Crippen MR) is 171 cm³/mol. The van der Waals surface area contributed by atoms with Crippen molar-refractivity contribution in [3.05, 3.63) is 83.2 Å². The van der Waals surface area contributed by atoms with Crippen molar-refractivity contribution in [3.8, 4) is 0 Å². The number of carbonyl (C=O) groups is 6. The molecule has 0 spiro atoms. The summed E-state index contributed by atoms with van der Waals surface area (Å²) >= 11 is 0. The van der Waals surface area contributed by atoms with E-state index in [1.54, 1.807) is 12.1 Å². The standard InChI is InChI=1S/C34H28FN5O10/c1-18(41)49-27(28-34(46)39(12-15-48-28)20-7-9-25(35)24(17-20)31(43)38-10-13-47-14-11-38)30(42)36-19-6-8-23-26(16-19)50-37-29(23)40-32(44)21-4-2-3-5-22(21)33(40)45/h2-9,16-17,27-28H,10-15H2,1H3,(H,36,42). The lowest BCUT2D eigenvalue weighted by molar-refractivity contribution is -0.167. The number of esters is 1. The molecule has 3 aromatic carbocycles. The van der Waals surface area contributed by atoms with Crippen LogP contribution < -0.4 is 15.1 Å². The first-order valence-corrected chi connectivity index (χ1v) is 15.6. The van der Waals surface area contributed by atoms with Crippen LogP contribution in [0, 0.1) is 5.82 Å². The van der Waals surface area contributed by atoms with Gasteiger partial charge in [-0.1, -0.05) is 17.3 Å². The fourth-order valence-electron chi connectivity index (χ4n) is 6.05. The zero-order chi connectivity index (χ0) is 35.1. The number of anilines is 3. The molecule has 1 N–H and O–H groups in total. The van der Waals surface area contributed by atoms with Gasteiger partial charge in [0.1, 0.15) is 5.82 Å². The van der Waals surface area contributed by atoms with Gasteiger partial charge < -0.3 is 33.9 Å². The van der Waals surface area contributed by atoms with Gasteiger partial charge in [-0.25, -0.2) is 9.29 Å². The normalized spacial score (nSPS) is 18.3. The molecule has 7 rings (SSSR count). The number of nitrogens with one attached hydrogen (secondary N) is 1. The molecule has 0 radical (unpaired) electrons. The highest BCUT2D eigenvalue weighted by atomic mass is 19.1. The Morgan fingerprint density at radius 2 is 1.66 bits per heavy atom. The summed E-state index contributed by atoms with van der Waals surface area (Å²) < 4.78 is 36.4. The van der Waals surface area contributed by atoms with Crippen molar-refractivity contribution in [2.45, 2.75) is 19.1 Å². The molecule has 0 saturated carbocycles. The highest BCUT2D eigenvalue weighted by molar-refractivity contribution is 6.35. The number of hydrogen-bond donors (Lipinski definition) is 1. The van der Waals surface area contributed by atoms with E-state index < -0.39 is 53.5 Å². The maximum Gasteiger partial charge on any atom is 0.303 e. The molecule has 2 fully saturated rings. The van der Waals surface area contributed by atoms with Crippen LogP contribution >= 0.6 is 0 Å². The molecule has 50 heavy (non-hydrogen) atoms. The average molecular weight is 686 g/mol. The number of halogens is 1. The Balaban J connectivity index is 1.10. The summed E-state index contributed by atoms with van der Waals surface area (Å²) in [4.78, 5) is 82.1. The second-order valence-electron chi connectivity index (χ2n) is 11.6. The third-order valence-electron chi connectivity index (χ3n) is 8.46. The Labute approximate surface area is 282 Å². The van der Waals surface area contributed by atoms with E-state index in [0.717, 1.165) is 17.9 Å². The molecule has 0 bridgehead atoms. The van der Waals surface area contributed by atoms with Gasteiger partial charge in [0.15, 0.2) is 17.5 Å². The zero-order valence-corrected chi connectivity index (χ0v) is 26.4. The van der Waals surface area contributed by atoms with Gasteiger partial charge in [0.05, 0.1) is 41.9 Å². The van der Waals surface area contributed by atoms with Crippen LogP contribution in [-0.4, -0.2) is 97.2 Å². The summed E-state index contributed by atoms with van der Waals surface area (Å²) in [6.45, 7) is 2.22. The first-order chi connectivity index (χ1) is 24.1. The molecule has 3 aliphatic rings. The molecular weight excluding hydrogens is 657 g/mol. The maximum absolute atomic E-state index is 14.8. The minimum Gasteiger partial charge on any atom is -0.449 e. The first kappa shape index (κ1) is 32.5. The van der Waals surface area contributed by atoms with Crippen LogP contribution in [0.15, 0.2) is 65.2 Å². The van der Waals surface area contributed by atoms with Gasteiger partial charge in [-0.2, -0.15) is 0 Å². The van der Waals surface area contributed by atoms with E-state index >= 15 is 0 Å². The molecule has 4 heterocycles. The van der Waals surface area contributed by atoms with Gasteiger partial charge in [0.25, 0.3) is 29.5 Å². The van der Waals surface area contributed by atoms with E-state index in [4.69, 9.17) is 18.7 Å². The second-order valence-corrected chi connectivity index (χ2v) is 11.6. The summed E-state index contributed by atoms with van der Waals surface area (Å²) in [7, 11) is 0. The number of rotatable bonds is 7. The van der Waals surface area contributed by atoms with E-state index in [2.05, 4.69) is 10.5 Å². The van der Waals surface area contributed by atoms with Crippen molar-refractivity contribution in [3.63, 3.8) is 0 Å². The predicted octanol–water partition coefficient (Wildman–Crippen LogP) is 2.54. The van der Waals surface area contributed by atoms with Crippen molar-refractivity contribution in [2.75, 3.05) is 54.6 Å². The Morgan fingerprint density at radius 1 is 0.940 bits per heavy atom. The third-order valence-corrected chi connectivity index (χ3v) is 8.46. The van der Waals surface area contributed by atoms with Crippen molar-refractivity contribution < 1.29 is 51.9 Å². The molecule has 3 aliphatic heterocycles. The number of amides is 5. The largest absolute Gasteiger partial charge is 0.449 e. The molecule has 4 aromatic rings. The molecule has 2 atom stereocenters. The number of morpholine rings is 2. The van der Waals surface area contributed by atoms with Crippen LogP contribution in [0.1, 0.15) is 38.0 Å². The van der Waals surface area contributed by atoms with Crippen LogP contribution in [-0.2, 0) is 28.6 Å². The third kappa shape index (κ3) is 5.83. The maximum atomic E-state index is 14.8. The Bertz CT molecular complexity index is 2040. The number of imide groups is 1. The van der Waals surface area contributed by atoms with Crippen LogP contribution in [0.25, 0.3) is 11.0 Å². The first-order valence-electron chi connectivity index (χ1n) is 15.6. The van der Waals surface area contributed by atoms with Crippen molar-refractivity contribution in [2.24, 2.45) is 0 Å². The molecule has 15 nitrogen and oxygen atoms in total. The van der Waals surface area contributed by atoms with E-state index in [-0.39, 0.29) is 65.7 Å². The van der Waals surface area contributed by atoms with Gasteiger partial charge >= 0.3 is 5.97 Å². The van der Waals surface area contributed by atoms with Crippen molar-refractivity contribution in [1.29, 1.82) is 0 Å². The summed E-state index contributed by atoms with van der Waals surface area (Å²) in [6.07, 6.45) is -3.34. The number of nitrogens with zero attached hydrogens (tertiary/aromatic N) is 4. The minimum atomic E-state index is -1.75. The van der Waals surface area contributed by atoms with Gasteiger partial charge in [0, 0.05) is 44.0 Å². The van der Waals surface area contributed by atoms with Crippen LogP contribution in [0.3, 0.4) is 0 Å². The molecule has 16 heteroatoms. The molecule has 1 aromatic heterocycles. The number of hydrogen-bond acceptors (Lipinski definition) is 11. The fraction of sp³-hybridized carbons (Fsp3) is 0.265. The Morgan fingerprint density at radius 3 is 2.36 bits per heavy atom. The number of carbonyl (C=O) groups excluding carboxylic acids is 6. The van der Waals surface area contributed by atoms with Crippen molar-refractivity contribution in [1.82, 2.24) is 10.1 Å². The monoisotopic (exact) mass is 685 g/mol. The highest BCUT2D eigenvalue weighted by Gasteiger charge is 2.43. The number of fused-ring (bicyclic) bond motifs is 2. The summed E-state index contributed by atoms with van der Waals surface area (Å²) in [5.74, 6) is -5.01. The van der Waals surface area contributed by atoms with E-state index in [0.29, 0.717) is 18.6 Å². The van der Waals surface area contributed by atoms with Crippen LogP contribution in [0.2, 0.25) is 0 Å². The van der Waals surface area contributed by atoms with E-state index in [1.165, 1.54) is 52.3 Å². The summed E-state index contributed by atoms with van der Waals surface area (Å²) in [6, 6.07) is 14.3. The highest BCUT2D eigenvalue weighted by Crippen LogP contribution is 2.34. The lowest BCUT2D eigenvalue weighted by Crippen LogP contribution is -2.56. The minimum absolute atomic E-state index is 0.0121. The molecule has 256 valence electrons. The van der Waals surface area contributed by atoms with Gasteiger partial charge in [-0.15, -0.1) is 0 Å². The summed E-state index contributed by atoms with van der Waals surface area (Å²) in [5, 5.41) is 6.81. The number of aromatic nitrogens is 1. The topological polar surface area (TPSA) is 178 Å². The second kappa shape index (κ2) is 13.1. The average Bonchev–Trinajstić information content (AvgIpc) is 3.64. The van der Waals surface area contributed by atoms with Crippen molar-refractivity contribution >= 4 is 63.7 Å². The van der Waals surface area contributed by atoms with Gasteiger partial charge in [-0.3, -0.25) is 28.8 Å². The van der Waals surface area contributed by atoms with Gasteiger partial charge in [0.2, 0.25) is 6.10 Å². The number of ether oxygens (including phenoxy) is 3. The molecular formula is C34H28FN5O10. The quantitative estimate of drug-likeness (QED) is 0.223. The zero-order valence-electron chi connectivity index (χ0n) is 26.4. The SMILES string of the molecule is CC(=O)OC(C(=O)Nc1ccc2c(N3C(=O)c4ccccc4C3=O)noc2c1)C1OCCN(c2ccc(F)c(C(=O)N3CCOCC3)c2)C1=O. The van der Waals surface area contributed by atoms with Crippen LogP contribution in [0.5, 0.6) is 0 Å². The molecule has 5 amide bonds. The number of benzene rings is 3. The smallest absolute Gasteiger partial charge is 0.303 e.